The molecule has 0 aromatic carbocycles. The zero-order chi connectivity index (χ0) is 11.0. The van der Waals surface area contributed by atoms with Gasteiger partial charge in [0.15, 0.2) is 0 Å². The fourth-order valence-electron chi connectivity index (χ4n) is 3.05. The molecule has 15 heavy (non-hydrogen) atoms. The highest BCUT2D eigenvalue weighted by atomic mass is 15.2. The summed E-state index contributed by atoms with van der Waals surface area (Å²) in [5.74, 6) is 2.63. The quantitative estimate of drug-likeness (QED) is 0.773. The second-order valence-electron chi connectivity index (χ2n) is 6.03. The van der Waals surface area contributed by atoms with E-state index in [1.165, 1.54) is 32.4 Å². The van der Waals surface area contributed by atoms with Crippen LogP contribution in [0.1, 0.15) is 40.0 Å². The van der Waals surface area contributed by atoms with Gasteiger partial charge in [0.2, 0.25) is 0 Å². The molecule has 2 N–H and O–H groups in total. The molecular weight excluding hydrogens is 184 g/mol. The molecule has 2 nitrogen and oxygen atoms in total. The minimum absolute atomic E-state index is 0.385. The van der Waals surface area contributed by atoms with Gasteiger partial charge in [0.1, 0.15) is 0 Å². The number of rotatable bonds is 3. The van der Waals surface area contributed by atoms with Crippen molar-refractivity contribution in [1.29, 1.82) is 0 Å². The van der Waals surface area contributed by atoms with Crippen LogP contribution in [0.2, 0.25) is 0 Å². The van der Waals surface area contributed by atoms with Crippen LogP contribution < -0.4 is 5.73 Å². The van der Waals surface area contributed by atoms with Crippen molar-refractivity contribution < 1.29 is 0 Å². The highest BCUT2D eigenvalue weighted by Gasteiger charge is 2.38. The van der Waals surface area contributed by atoms with Crippen LogP contribution in [0.4, 0.5) is 0 Å². The Balaban J connectivity index is 1.74. The monoisotopic (exact) mass is 210 g/mol. The van der Waals surface area contributed by atoms with E-state index < -0.39 is 0 Å². The standard InChI is InChI=1S/C13H26N2/c1-9(2)12-6-13(7-12)15-5-4-11(8-15)10(3)14/h9-13H,4-8,14H2,1-3H3. The van der Waals surface area contributed by atoms with Gasteiger partial charge in [-0.15, -0.1) is 0 Å². The molecule has 1 heterocycles. The molecule has 2 aliphatic rings. The summed E-state index contributed by atoms with van der Waals surface area (Å²) in [6, 6.07) is 1.28. The van der Waals surface area contributed by atoms with E-state index in [0.717, 1.165) is 23.8 Å². The minimum Gasteiger partial charge on any atom is -0.328 e. The number of hydrogen-bond donors (Lipinski definition) is 1. The lowest BCUT2D eigenvalue weighted by Gasteiger charge is -2.43. The molecule has 0 radical (unpaired) electrons. The zero-order valence-corrected chi connectivity index (χ0v) is 10.4. The molecule has 2 heteroatoms. The summed E-state index contributed by atoms with van der Waals surface area (Å²) in [5, 5.41) is 0. The molecular formula is C13H26N2. The molecule has 0 bridgehead atoms. The first-order chi connectivity index (χ1) is 7.08. The Morgan fingerprint density at radius 1 is 1.13 bits per heavy atom. The Morgan fingerprint density at radius 3 is 2.27 bits per heavy atom. The van der Waals surface area contributed by atoms with Crippen LogP contribution in [0.3, 0.4) is 0 Å². The van der Waals surface area contributed by atoms with E-state index in [-0.39, 0.29) is 0 Å². The maximum absolute atomic E-state index is 5.97. The summed E-state index contributed by atoms with van der Waals surface area (Å²) in [6.07, 6.45) is 4.19. The summed E-state index contributed by atoms with van der Waals surface area (Å²) < 4.78 is 0. The van der Waals surface area contributed by atoms with E-state index in [4.69, 9.17) is 5.73 Å². The molecule has 1 saturated heterocycles. The van der Waals surface area contributed by atoms with Crippen LogP contribution in [0.15, 0.2) is 0 Å². The molecule has 0 aromatic rings. The lowest BCUT2D eigenvalue weighted by Crippen LogP contribution is -2.45. The molecule has 2 unspecified atom stereocenters. The van der Waals surface area contributed by atoms with Crippen molar-refractivity contribution in [3.05, 3.63) is 0 Å². The van der Waals surface area contributed by atoms with Gasteiger partial charge in [0.05, 0.1) is 0 Å². The third kappa shape index (κ3) is 2.36. The third-order valence-electron chi connectivity index (χ3n) is 4.61. The van der Waals surface area contributed by atoms with Gasteiger partial charge < -0.3 is 10.6 Å². The van der Waals surface area contributed by atoms with Crippen molar-refractivity contribution in [2.75, 3.05) is 13.1 Å². The van der Waals surface area contributed by atoms with Crippen molar-refractivity contribution in [2.24, 2.45) is 23.5 Å². The fraction of sp³-hybridized carbons (Fsp3) is 1.00. The van der Waals surface area contributed by atoms with Gasteiger partial charge in [-0.2, -0.15) is 0 Å². The molecule has 1 aliphatic carbocycles. The van der Waals surface area contributed by atoms with E-state index in [1.807, 2.05) is 0 Å². The predicted octanol–water partition coefficient (Wildman–Crippen LogP) is 2.09. The van der Waals surface area contributed by atoms with Gasteiger partial charge in [-0.25, -0.2) is 0 Å². The van der Waals surface area contributed by atoms with E-state index in [0.29, 0.717) is 6.04 Å². The van der Waals surface area contributed by atoms with Crippen molar-refractivity contribution in [3.8, 4) is 0 Å². The number of nitrogens with zero attached hydrogens (tertiary/aromatic N) is 1. The maximum Gasteiger partial charge on any atom is 0.0101 e. The SMILES string of the molecule is CC(C)C1CC(N2CCC(C(C)N)C2)C1. The summed E-state index contributed by atoms with van der Waals surface area (Å²) in [6.45, 7) is 9.42. The van der Waals surface area contributed by atoms with E-state index >= 15 is 0 Å². The molecule has 0 aromatic heterocycles. The summed E-state index contributed by atoms with van der Waals surface area (Å²) in [5.41, 5.74) is 5.97. The highest BCUT2D eigenvalue weighted by Crippen LogP contribution is 2.39. The summed E-state index contributed by atoms with van der Waals surface area (Å²) >= 11 is 0. The number of likely N-dealkylation sites (tertiary alicyclic amines) is 1. The Hall–Kier alpha value is -0.0800. The summed E-state index contributed by atoms with van der Waals surface area (Å²) in [7, 11) is 0. The minimum atomic E-state index is 0.385. The van der Waals surface area contributed by atoms with Crippen LogP contribution in [-0.2, 0) is 0 Å². The Labute approximate surface area is 94.2 Å². The van der Waals surface area contributed by atoms with Gasteiger partial charge in [0.25, 0.3) is 0 Å². The lowest BCUT2D eigenvalue weighted by atomic mass is 9.73. The molecule has 2 fully saturated rings. The lowest BCUT2D eigenvalue weighted by molar-refractivity contribution is 0.0697. The molecule has 0 spiro atoms. The van der Waals surface area contributed by atoms with Crippen LogP contribution in [0.25, 0.3) is 0 Å². The highest BCUT2D eigenvalue weighted by molar-refractivity contribution is 4.93. The van der Waals surface area contributed by atoms with Crippen LogP contribution in [0, 0.1) is 17.8 Å². The van der Waals surface area contributed by atoms with Crippen LogP contribution in [-0.4, -0.2) is 30.1 Å². The molecule has 1 saturated carbocycles. The first kappa shape index (κ1) is 11.4. The average Bonchev–Trinajstić information content (AvgIpc) is 2.49. The Morgan fingerprint density at radius 2 is 1.80 bits per heavy atom. The van der Waals surface area contributed by atoms with E-state index in [2.05, 4.69) is 25.7 Å². The number of nitrogens with two attached hydrogens (primary N) is 1. The largest absolute Gasteiger partial charge is 0.328 e. The average molecular weight is 210 g/mol. The maximum atomic E-state index is 5.97. The first-order valence-electron chi connectivity index (χ1n) is 6.57. The molecule has 1 aliphatic heterocycles. The van der Waals surface area contributed by atoms with E-state index in [9.17, 15) is 0 Å². The molecule has 88 valence electrons. The summed E-state index contributed by atoms with van der Waals surface area (Å²) in [4.78, 5) is 2.69. The van der Waals surface area contributed by atoms with Gasteiger partial charge in [0, 0.05) is 18.6 Å². The normalized spacial score (nSPS) is 39.4. The van der Waals surface area contributed by atoms with Gasteiger partial charge in [-0.1, -0.05) is 13.8 Å². The van der Waals surface area contributed by atoms with Crippen molar-refractivity contribution >= 4 is 0 Å². The second-order valence-corrected chi connectivity index (χ2v) is 6.03. The van der Waals surface area contributed by atoms with Crippen LogP contribution in [0.5, 0.6) is 0 Å². The molecule has 0 amide bonds. The number of hydrogen-bond acceptors (Lipinski definition) is 2. The van der Waals surface area contributed by atoms with Gasteiger partial charge in [-0.05, 0) is 50.5 Å². The fourth-order valence-corrected chi connectivity index (χ4v) is 3.05. The zero-order valence-electron chi connectivity index (χ0n) is 10.4. The Bertz CT molecular complexity index is 207. The van der Waals surface area contributed by atoms with Gasteiger partial charge in [-0.3, -0.25) is 0 Å². The second kappa shape index (κ2) is 4.42. The predicted molar refractivity (Wildman–Crippen MR) is 64.7 cm³/mol. The smallest absolute Gasteiger partial charge is 0.0101 e. The topological polar surface area (TPSA) is 29.3 Å². The molecule has 2 atom stereocenters. The Kier molecular flexibility index (Phi) is 3.36. The van der Waals surface area contributed by atoms with Crippen LogP contribution >= 0.6 is 0 Å². The third-order valence-corrected chi connectivity index (χ3v) is 4.61. The van der Waals surface area contributed by atoms with E-state index in [1.54, 1.807) is 0 Å². The first-order valence-corrected chi connectivity index (χ1v) is 6.57. The van der Waals surface area contributed by atoms with Crippen molar-refractivity contribution in [1.82, 2.24) is 4.90 Å². The van der Waals surface area contributed by atoms with Crippen molar-refractivity contribution in [2.45, 2.75) is 52.1 Å². The molecule has 2 rings (SSSR count). The van der Waals surface area contributed by atoms with Gasteiger partial charge >= 0.3 is 0 Å². The van der Waals surface area contributed by atoms with Crippen molar-refractivity contribution in [3.63, 3.8) is 0 Å².